The number of nitrogens with zero attached hydrogens (tertiary/aromatic N) is 1. The lowest BCUT2D eigenvalue weighted by molar-refractivity contribution is -0.720. The summed E-state index contributed by atoms with van der Waals surface area (Å²) >= 11 is 0. The van der Waals surface area contributed by atoms with Gasteiger partial charge in [0.15, 0.2) is 0 Å². The molecule has 0 amide bonds. The fraction of sp³-hybridized carbons (Fsp3) is 0. The molecule has 0 bridgehead atoms. The van der Waals surface area contributed by atoms with Crippen molar-refractivity contribution in [2.24, 2.45) is 0 Å². The molecular weight excluding hydrogens is 70.0 g/mol. The van der Waals surface area contributed by atoms with Crippen LogP contribution in [-0.4, -0.2) is 16.0 Å². The average Bonchev–Trinajstić information content (AvgIpc) is 1.38. The molecule has 0 unspecified atom stereocenters. The number of rotatable bonds is 0. The second-order valence-electron chi connectivity index (χ2n) is 0.431. The zero-order valence-corrected chi connectivity index (χ0v) is 2.51. The SMILES string of the molecule is C=C=[N+]([O-])O. The van der Waals surface area contributed by atoms with Crippen LogP contribution in [0.3, 0.4) is 0 Å². The molecule has 0 aromatic rings. The summed E-state index contributed by atoms with van der Waals surface area (Å²) in [4.78, 5) is -0.486. The molecular formula is C2H3NO2. The van der Waals surface area contributed by atoms with Gasteiger partial charge in [-0.2, -0.15) is 0 Å². The van der Waals surface area contributed by atoms with Crippen LogP contribution in [0, 0.1) is 5.21 Å². The van der Waals surface area contributed by atoms with Crippen LogP contribution >= 0.6 is 0 Å². The van der Waals surface area contributed by atoms with Crippen molar-refractivity contribution >= 4 is 5.87 Å². The zero-order valence-electron chi connectivity index (χ0n) is 2.51. The van der Waals surface area contributed by atoms with Gasteiger partial charge in [-0.25, -0.2) is 0 Å². The van der Waals surface area contributed by atoms with E-state index in [0.717, 1.165) is 0 Å². The third kappa shape index (κ3) is 3.05. The van der Waals surface area contributed by atoms with Gasteiger partial charge in [0.1, 0.15) is 0 Å². The molecule has 0 aliphatic heterocycles. The van der Waals surface area contributed by atoms with Gasteiger partial charge in [0.25, 0.3) is 0 Å². The van der Waals surface area contributed by atoms with Crippen LogP contribution in [0.4, 0.5) is 0 Å². The van der Waals surface area contributed by atoms with E-state index in [1.807, 2.05) is 0 Å². The van der Waals surface area contributed by atoms with E-state index < -0.39 is 4.90 Å². The first kappa shape index (κ1) is 4.05. The highest BCUT2D eigenvalue weighted by Crippen LogP contribution is 1.39. The van der Waals surface area contributed by atoms with Crippen molar-refractivity contribution < 1.29 is 10.1 Å². The summed E-state index contributed by atoms with van der Waals surface area (Å²) < 4.78 is 0. The van der Waals surface area contributed by atoms with Crippen LogP contribution in [0.5, 0.6) is 0 Å². The van der Waals surface area contributed by atoms with Crippen molar-refractivity contribution in [2.75, 3.05) is 0 Å². The highest BCUT2D eigenvalue weighted by atomic mass is 16.8. The lowest BCUT2D eigenvalue weighted by Crippen LogP contribution is -1.87. The van der Waals surface area contributed by atoms with Gasteiger partial charge in [0.05, 0.1) is 4.90 Å². The monoisotopic (exact) mass is 73.0 g/mol. The summed E-state index contributed by atoms with van der Waals surface area (Å²) in [7, 11) is 0. The van der Waals surface area contributed by atoms with Crippen molar-refractivity contribution in [2.45, 2.75) is 0 Å². The molecule has 0 heterocycles. The van der Waals surface area contributed by atoms with Gasteiger partial charge in [-0.15, -0.1) is 0 Å². The van der Waals surface area contributed by atoms with Crippen molar-refractivity contribution in [1.29, 1.82) is 0 Å². The number of hydrogen-bond acceptors (Lipinski definition) is 2. The van der Waals surface area contributed by atoms with E-state index in [2.05, 4.69) is 6.58 Å². The minimum atomic E-state index is -0.486. The third-order valence-electron chi connectivity index (χ3n) is 0.135. The zero-order chi connectivity index (χ0) is 4.28. The minimum Gasteiger partial charge on any atom is -0.409 e. The maximum absolute atomic E-state index is 9.11. The Morgan fingerprint density at radius 1 is 2.00 bits per heavy atom. The fourth-order valence-electron chi connectivity index (χ4n) is 0. The van der Waals surface area contributed by atoms with E-state index in [9.17, 15) is 0 Å². The lowest BCUT2D eigenvalue weighted by atomic mass is 11.2. The van der Waals surface area contributed by atoms with E-state index >= 15 is 0 Å². The molecule has 0 saturated carbocycles. The highest BCUT2D eigenvalue weighted by molar-refractivity contribution is 5.39. The predicted octanol–water partition coefficient (Wildman–Crippen LogP) is -0.258. The van der Waals surface area contributed by atoms with Crippen LogP contribution in [0.15, 0.2) is 6.58 Å². The first-order valence-electron chi connectivity index (χ1n) is 0.960. The van der Waals surface area contributed by atoms with E-state index in [0.29, 0.717) is 0 Å². The average molecular weight is 73.1 g/mol. The summed E-state index contributed by atoms with van der Waals surface area (Å²) in [6.45, 7) is 2.80. The smallest absolute Gasteiger partial charge is 0.232 e. The van der Waals surface area contributed by atoms with Gasteiger partial charge in [0.2, 0.25) is 5.87 Å². The maximum Gasteiger partial charge on any atom is 0.232 e. The molecule has 0 aromatic heterocycles. The van der Waals surface area contributed by atoms with E-state index in [1.165, 1.54) is 0 Å². The van der Waals surface area contributed by atoms with Gasteiger partial charge in [-0.1, -0.05) is 0 Å². The molecule has 5 heavy (non-hydrogen) atoms. The Bertz CT molecular complexity index is 67.7. The van der Waals surface area contributed by atoms with Crippen molar-refractivity contribution in [3.8, 4) is 0 Å². The molecule has 1 N–H and O–H groups in total. The lowest BCUT2D eigenvalue weighted by Gasteiger charge is -1.69. The van der Waals surface area contributed by atoms with E-state index in [4.69, 9.17) is 10.4 Å². The maximum atomic E-state index is 9.11. The normalized spacial score (nSPS) is 5.60. The Hall–Kier alpha value is -0.950. The molecule has 3 heteroatoms. The number of hydrogen-bond donors (Lipinski definition) is 1. The third-order valence-corrected chi connectivity index (χ3v) is 0.135. The van der Waals surface area contributed by atoms with Crippen LogP contribution in [0.1, 0.15) is 0 Å². The topological polar surface area (TPSA) is 46.3 Å². The Morgan fingerprint density at radius 2 is 2.20 bits per heavy atom. The van der Waals surface area contributed by atoms with Crippen LogP contribution in [0.25, 0.3) is 0 Å². The van der Waals surface area contributed by atoms with Gasteiger partial charge in [0, 0.05) is 6.58 Å². The molecule has 0 rings (SSSR count). The predicted molar refractivity (Wildman–Crippen MR) is 16.0 cm³/mol. The summed E-state index contributed by atoms with van der Waals surface area (Å²) in [5.41, 5.74) is 0. The molecule has 28 valence electrons. The quantitative estimate of drug-likeness (QED) is 0.186. The molecule has 0 fully saturated rings. The Morgan fingerprint density at radius 3 is 2.20 bits per heavy atom. The standard InChI is InChI=1S/C2H3NO2/c1-2-3(4)5/h1H2,(H,4,5). The molecule has 0 radical (unpaired) electrons. The van der Waals surface area contributed by atoms with Gasteiger partial charge in [-0.05, 0) is 0 Å². The largest absolute Gasteiger partial charge is 0.409 e. The fourth-order valence-corrected chi connectivity index (χ4v) is 0. The second-order valence-corrected chi connectivity index (χ2v) is 0.431. The molecule has 0 atom stereocenters. The van der Waals surface area contributed by atoms with E-state index in [-0.39, 0.29) is 0 Å². The summed E-state index contributed by atoms with van der Waals surface area (Å²) in [6, 6.07) is 0. The van der Waals surface area contributed by atoms with Crippen molar-refractivity contribution in [1.82, 2.24) is 0 Å². The second kappa shape index (κ2) is 1.38. The van der Waals surface area contributed by atoms with Crippen molar-refractivity contribution in [3.05, 3.63) is 11.8 Å². The summed E-state index contributed by atoms with van der Waals surface area (Å²) in [5, 5.41) is 16.6. The van der Waals surface area contributed by atoms with E-state index in [1.54, 1.807) is 5.87 Å². The molecule has 0 aromatic carbocycles. The van der Waals surface area contributed by atoms with Gasteiger partial charge < -0.3 is 5.21 Å². The summed E-state index contributed by atoms with van der Waals surface area (Å²) in [6.07, 6.45) is 0. The van der Waals surface area contributed by atoms with Crippen LogP contribution in [-0.2, 0) is 0 Å². The molecule has 0 aliphatic carbocycles. The first-order valence-corrected chi connectivity index (χ1v) is 0.960. The first-order chi connectivity index (χ1) is 2.27. The van der Waals surface area contributed by atoms with Crippen LogP contribution in [0.2, 0.25) is 0 Å². The Balaban J connectivity index is 3.60. The molecule has 0 spiro atoms. The highest BCUT2D eigenvalue weighted by Gasteiger charge is 1.60. The molecule has 3 nitrogen and oxygen atoms in total. The van der Waals surface area contributed by atoms with Gasteiger partial charge in [-0.3, -0.25) is 5.21 Å². The Labute approximate surface area is 29.0 Å². The van der Waals surface area contributed by atoms with Crippen LogP contribution < -0.4 is 0 Å². The summed E-state index contributed by atoms with van der Waals surface area (Å²) in [5.74, 6) is 1.61. The molecule has 0 saturated heterocycles. The molecule has 0 aliphatic rings. The van der Waals surface area contributed by atoms with Crippen molar-refractivity contribution in [3.63, 3.8) is 0 Å². The Kier molecular flexibility index (Phi) is 1.12. The minimum absolute atomic E-state index is 0.486. The van der Waals surface area contributed by atoms with Gasteiger partial charge >= 0.3 is 0 Å².